The fraction of sp³-hybridized carbons (Fsp3) is 0.464. The number of hydrogen-bond acceptors (Lipinski definition) is 5. The van der Waals surface area contributed by atoms with Crippen molar-refractivity contribution >= 4 is 18.2 Å². The Labute approximate surface area is 212 Å². The molecule has 2 amide bonds. The standard InChI is InChI=1S/C28H36N2O6/c1-28(2,3)36-26(33)29-17-11-5-4-6-16-24(25(31)32)30-27(34)35-18-23-21-14-9-7-12-19(21)20-13-8-10-15-22(20)23/h7-10,12-15,23-24H,4-6,11,16-18H2,1-3H3,(H,29,33)(H,30,34)(H,31,32)/t24-/m0/s1. The van der Waals surface area contributed by atoms with E-state index in [0.717, 1.165) is 41.5 Å². The second-order valence-electron chi connectivity index (χ2n) is 9.99. The summed E-state index contributed by atoms with van der Waals surface area (Å²) in [6.07, 6.45) is 2.13. The molecule has 0 bridgehead atoms. The summed E-state index contributed by atoms with van der Waals surface area (Å²) in [5, 5.41) is 14.7. The molecular weight excluding hydrogens is 460 g/mol. The summed E-state index contributed by atoms with van der Waals surface area (Å²) in [5.41, 5.74) is 3.93. The zero-order chi connectivity index (χ0) is 26.1. The number of carbonyl (C=O) groups excluding carboxylic acids is 2. The number of ether oxygens (including phenoxy) is 2. The van der Waals surface area contributed by atoms with Gasteiger partial charge in [-0.25, -0.2) is 14.4 Å². The zero-order valence-electron chi connectivity index (χ0n) is 21.2. The molecule has 0 aromatic heterocycles. The van der Waals surface area contributed by atoms with Crippen LogP contribution in [0.25, 0.3) is 11.1 Å². The fourth-order valence-corrected chi connectivity index (χ4v) is 4.37. The highest BCUT2D eigenvalue weighted by atomic mass is 16.6. The maximum Gasteiger partial charge on any atom is 0.407 e. The van der Waals surface area contributed by atoms with Crippen molar-refractivity contribution in [3.8, 4) is 11.1 Å². The van der Waals surface area contributed by atoms with Gasteiger partial charge >= 0.3 is 18.2 Å². The first kappa shape index (κ1) is 27.0. The Morgan fingerprint density at radius 2 is 1.47 bits per heavy atom. The zero-order valence-corrected chi connectivity index (χ0v) is 21.2. The predicted molar refractivity (Wildman–Crippen MR) is 137 cm³/mol. The summed E-state index contributed by atoms with van der Waals surface area (Å²) in [5.74, 6) is -1.17. The van der Waals surface area contributed by atoms with Crippen LogP contribution in [0.2, 0.25) is 0 Å². The molecule has 0 fully saturated rings. The molecular formula is C28H36N2O6. The summed E-state index contributed by atoms with van der Waals surface area (Å²) in [6, 6.07) is 15.1. The quantitative estimate of drug-likeness (QED) is 0.356. The van der Waals surface area contributed by atoms with Gasteiger partial charge in [-0.2, -0.15) is 0 Å². The summed E-state index contributed by atoms with van der Waals surface area (Å²) in [4.78, 5) is 35.7. The number of rotatable bonds is 11. The molecule has 2 aromatic carbocycles. The highest BCUT2D eigenvalue weighted by molar-refractivity contribution is 5.81. The maximum absolute atomic E-state index is 12.4. The highest BCUT2D eigenvalue weighted by Crippen LogP contribution is 2.44. The molecule has 0 saturated carbocycles. The third-order valence-electron chi connectivity index (χ3n) is 6.02. The molecule has 0 saturated heterocycles. The van der Waals surface area contributed by atoms with E-state index in [9.17, 15) is 19.5 Å². The van der Waals surface area contributed by atoms with Gasteiger partial charge in [-0.15, -0.1) is 0 Å². The molecule has 8 nitrogen and oxygen atoms in total. The van der Waals surface area contributed by atoms with Gasteiger partial charge in [0.25, 0.3) is 0 Å². The van der Waals surface area contributed by atoms with Gasteiger partial charge in [0.1, 0.15) is 18.2 Å². The second kappa shape index (κ2) is 12.4. The Hall–Kier alpha value is -3.55. The Morgan fingerprint density at radius 3 is 2.06 bits per heavy atom. The number of nitrogens with one attached hydrogen (secondary N) is 2. The molecule has 1 aliphatic carbocycles. The lowest BCUT2D eigenvalue weighted by Gasteiger charge is -2.19. The van der Waals surface area contributed by atoms with Crippen molar-refractivity contribution in [2.45, 2.75) is 70.4 Å². The van der Waals surface area contributed by atoms with Crippen molar-refractivity contribution in [1.82, 2.24) is 10.6 Å². The number of hydrogen-bond donors (Lipinski definition) is 3. The number of amides is 2. The molecule has 0 heterocycles. The molecule has 3 N–H and O–H groups in total. The van der Waals surface area contributed by atoms with Crippen LogP contribution in [0, 0.1) is 0 Å². The van der Waals surface area contributed by atoms with E-state index in [2.05, 4.69) is 22.8 Å². The number of benzene rings is 2. The molecule has 0 unspecified atom stereocenters. The summed E-state index contributed by atoms with van der Waals surface area (Å²) >= 11 is 0. The molecule has 194 valence electrons. The maximum atomic E-state index is 12.4. The monoisotopic (exact) mass is 496 g/mol. The number of carboxylic acids is 1. The lowest BCUT2D eigenvalue weighted by molar-refractivity contribution is -0.139. The smallest absolute Gasteiger partial charge is 0.407 e. The molecule has 8 heteroatoms. The average Bonchev–Trinajstić information content (AvgIpc) is 3.14. The van der Waals surface area contributed by atoms with Crippen LogP contribution in [-0.2, 0) is 14.3 Å². The van der Waals surface area contributed by atoms with Crippen molar-refractivity contribution < 1.29 is 29.0 Å². The van der Waals surface area contributed by atoms with Crippen LogP contribution < -0.4 is 10.6 Å². The first-order valence-electron chi connectivity index (χ1n) is 12.5. The van der Waals surface area contributed by atoms with Crippen LogP contribution in [0.5, 0.6) is 0 Å². The van der Waals surface area contributed by atoms with E-state index >= 15 is 0 Å². The van der Waals surface area contributed by atoms with Crippen LogP contribution in [0.3, 0.4) is 0 Å². The van der Waals surface area contributed by atoms with Crippen LogP contribution in [0.4, 0.5) is 9.59 Å². The van der Waals surface area contributed by atoms with Crippen molar-refractivity contribution in [3.63, 3.8) is 0 Å². The lowest BCUT2D eigenvalue weighted by atomic mass is 9.98. The van der Waals surface area contributed by atoms with E-state index < -0.39 is 29.8 Å². The molecule has 1 aliphatic rings. The Balaban J connectivity index is 1.39. The summed E-state index contributed by atoms with van der Waals surface area (Å²) in [7, 11) is 0. The third kappa shape index (κ3) is 7.73. The Bertz CT molecular complexity index is 1020. The van der Waals surface area contributed by atoms with Crippen LogP contribution in [0.15, 0.2) is 48.5 Å². The average molecular weight is 497 g/mol. The minimum absolute atomic E-state index is 0.0827. The fourth-order valence-electron chi connectivity index (χ4n) is 4.37. The minimum atomic E-state index is -1.09. The second-order valence-corrected chi connectivity index (χ2v) is 9.99. The molecule has 36 heavy (non-hydrogen) atoms. The molecule has 3 rings (SSSR count). The highest BCUT2D eigenvalue weighted by Gasteiger charge is 2.29. The van der Waals surface area contributed by atoms with Crippen molar-refractivity contribution in [1.29, 1.82) is 0 Å². The summed E-state index contributed by atoms with van der Waals surface area (Å²) < 4.78 is 10.7. The molecule has 1 atom stereocenters. The topological polar surface area (TPSA) is 114 Å². The van der Waals surface area contributed by atoms with Gasteiger partial charge in [0.15, 0.2) is 0 Å². The molecule has 0 spiro atoms. The summed E-state index contributed by atoms with van der Waals surface area (Å²) in [6.45, 7) is 6.05. The van der Waals surface area contributed by atoms with Gasteiger partial charge < -0.3 is 25.2 Å². The number of aliphatic carboxylic acids is 1. The Kier molecular flexibility index (Phi) is 9.33. The van der Waals surface area contributed by atoms with Crippen molar-refractivity contribution in [2.75, 3.05) is 13.2 Å². The van der Waals surface area contributed by atoms with Gasteiger partial charge in [0, 0.05) is 12.5 Å². The number of carboxylic acid groups (broad SMARTS) is 1. The van der Waals surface area contributed by atoms with E-state index in [1.54, 1.807) is 0 Å². The van der Waals surface area contributed by atoms with Gasteiger partial charge in [-0.1, -0.05) is 67.8 Å². The van der Waals surface area contributed by atoms with Gasteiger partial charge in [-0.3, -0.25) is 0 Å². The number of alkyl carbamates (subject to hydrolysis) is 2. The predicted octanol–water partition coefficient (Wildman–Crippen LogP) is 5.45. The number of carbonyl (C=O) groups is 3. The molecule has 0 radical (unpaired) electrons. The third-order valence-corrected chi connectivity index (χ3v) is 6.02. The number of unbranched alkanes of at least 4 members (excludes halogenated alkanes) is 3. The van der Waals surface area contributed by atoms with E-state index in [-0.39, 0.29) is 12.5 Å². The van der Waals surface area contributed by atoms with E-state index in [0.29, 0.717) is 19.4 Å². The molecule has 0 aliphatic heterocycles. The normalized spacial score (nSPS) is 13.3. The SMILES string of the molecule is CC(C)(C)OC(=O)NCCCCCC[C@H](NC(=O)OCC1c2ccccc2-c2ccccc21)C(=O)O. The van der Waals surface area contributed by atoms with Crippen LogP contribution in [-0.4, -0.2) is 48.1 Å². The lowest BCUT2D eigenvalue weighted by Crippen LogP contribution is -2.41. The van der Waals surface area contributed by atoms with Crippen LogP contribution in [0.1, 0.15) is 69.9 Å². The van der Waals surface area contributed by atoms with Gasteiger partial charge in [-0.05, 0) is 55.9 Å². The van der Waals surface area contributed by atoms with Crippen molar-refractivity contribution in [2.24, 2.45) is 0 Å². The Morgan fingerprint density at radius 1 is 0.889 bits per heavy atom. The van der Waals surface area contributed by atoms with E-state index in [1.807, 2.05) is 57.2 Å². The van der Waals surface area contributed by atoms with Gasteiger partial charge in [0.2, 0.25) is 0 Å². The first-order chi connectivity index (χ1) is 17.2. The van der Waals surface area contributed by atoms with E-state index in [1.165, 1.54) is 0 Å². The van der Waals surface area contributed by atoms with Gasteiger partial charge in [0.05, 0.1) is 0 Å². The number of fused-ring (bicyclic) bond motifs is 3. The van der Waals surface area contributed by atoms with Crippen LogP contribution >= 0.6 is 0 Å². The largest absolute Gasteiger partial charge is 0.480 e. The minimum Gasteiger partial charge on any atom is -0.480 e. The van der Waals surface area contributed by atoms with E-state index in [4.69, 9.17) is 9.47 Å². The van der Waals surface area contributed by atoms with Crippen molar-refractivity contribution in [3.05, 3.63) is 59.7 Å². The first-order valence-corrected chi connectivity index (χ1v) is 12.5. The molecule has 2 aromatic rings.